The smallest absolute Gasteiger partial charge is 0.226 e. The maximum atomic E-state index is 6.18. The molecule has 1 aliphatic rings. The molecule has 0 radical (unpaired) electrons. The van der Waals surface area contributed by atoms with Crippen LogP contribution in [-0.4, -0.2) is 50.3 Å². The molecular formula is C15H15ClN6O. The van der Waals surface area contributed by atoms with E-state index >= 15 is 0 Å². The van der Waals surface area contributed by atoms with Crippen LogP contribution >= 0.6 is 11.6 Å². The van der Waals surface area contributed by atoms with Gasteiger partial charge in [0.1, 0.15) is 12.1 Å². The largest absolute Gasteiger partial charge is 0.377 e. The summed E-state index contributed by atoms with van der Waals surface area (Å²) in [5.41, 5.74) is 1.58. The minimum Gasteiger partial charge on any atom is -0.377 e. The molecule has 4 rings (SSSR count). The summed E-state index contributed by atoms with van der Waals surface area (Å²) in [6.07, 6.45) is 6.90. The molecule has 23 heavy (non-hydrogen) atoms. The first-order chi connectivity index (χ1) is 11.2. The van der Waals surface area contributed by atoms with Crippen LogP contribution in [0.4, 0.5) is 5.82 Å². The average molecular weight is 331 g/mol. The molecular weight excluding hydrogens is 316 g/mol. The summed E-state index contributed by atoms with van der Waals surface area (Å²) in [4.78, 5) is 19.2. The van der Waals surface area contributed by atoms with E-state index in [9.17, 15) is 0 Å². The van der Waals surface area contributed by atoms with Gasteiger partial charge in [-0.3, -0.25) is 4.57 Å². The molecule has 0 saturated carbocycles. The van der Waals surface area contributed by atoms with E-state index in [4.69, 9.17) is 16.3 Å². The zero-order chi connectivity index (χ0) is 15.8. The van der Waals surface area contributed by atoms with Gasteiger partial charge in [0.15, 0.2) is 5.65 Å². The monoisotopic (exact) mass is 330 g/mol. The Morgan fingerprint density at radius 3 is 2.87 bits per heavy atom. The van der Waals surface area contributed by atoms with Crippen molar-refractivity contribution in [3.63, 3.8) is 0 Å². The Morgan fingerprint density at radius 1 is 1.26 bits per heavy atom. The number of nitrogens with zero attached hydrogens (tertiary/aromatic N) is 6. The molecule has 1 saturated heterocycles. The van der Waals surface area contributed by atoms with Crippen LogP contribution in [0.15, 0.2) is 31.0 Å². The summed E-state index contributed by atoms with van der Waals surface area (Å²) in [5, 5.41) is 1.18. The highest BCUT2D eigenvalue weighted by Gasteiger charge is 2.24. The van der Waals surface area contributed by atoms with Crippen molar-refractivity contribution < 1.29 is 4.74 Å². The highest BCUT2D eigenvalue weighted by molar-refractivity contribution is 6.28. The number of rotatable bonds is 2. The fraction of sp³-hybridized carbons (Fsp3) is 0.333. The van der Waals surface area contributed by atoms with E-state index in [0.29, 0.717) is 13.2 Å². The molecule has 1 atom stereocenters. The summed E-state index contributed by atoms with van der Waals surface area (Å²) in [6.45, 7) is 4.25. The Bertz CT molecular complexity index is 837. The topological polar surface area (TPSA) is 69.0 Å². The number of ether oxygens (including phenoxy) is 1. The molecule has 3 aromatic heterocycles. The molecule has 1 fully saturated rings. The van der Waals surface area contributed by atoms with Crippen LogP contribution in [0.25, 0.3) is 16.7 Å². The maximum Gasteiger partial charge on any atom is 0.226 e. The Kier molecular flexibility index (Phi) is 3.59. The predicted octanol–water partition coefficient (Wildman–Crippen LogP) is 2.09. The van der Waals surface area contributed by atoms with Gasteiger partial charge in [0.05, 0.1) is 42.7 Å². The fourth-order valence-corrected chi connectivity index (χ4v) is 3.02. The third-order valence-electron chi connectivity index (χ3n) is 3.96. The number of anilines is 1. The van der Waals surface area contributed by atoms with Crippen molar-refractivity contribution in [1.82, 2.24) is 24.5 Å². The van der Waals surface area contributed by atoms with E-state index in [1.807, 2.05) is 16.8 Å². The van der Waals surface area contributed by atoms with Gasteiger partial charge < -0.3 is 9.64 Å². The van der Waals surface area contributed by atoms with Crippen molar-refractivity contribution >= 4 is 28.5 Å². The van der Waals surface area contributed by atoms with Crippen molar-refractivity contribution in [3.05, 3.63) is 36.3 Å². The zero-order valence-corrected chi connectivity index (χ0v) is 13.3. The van der Waals surface area contributed by atoms with Crippen LogP contribution in [0.5, 0.6) is 0 Å². The first-order valence-electron chi connectivity index (χ1n) is 7.38. The van der Waals surface area contributed by atoms with Gasteiger partial charge in [0.2, 0.25) is 5.28 Å². The molecule has 1 aliphatic heterocycles. The van der Waals surface area contributed by atoms with Gasteiger partial charge >= 0.3 is 0 Å². The van der Waals surface area contributed by atoms with Crippen molar-refractivity contribution in [1.29, 1.82) is 0 Å². The number of hydrogen-bond donors (Lipinski definition) is 0. The van der Waals surface area contributed by atoms with Gasteiger partial charge in [0, 0.05) is 12.7 Å². The van der Waals surface area contributed by atoms with Crippen molar-refractivity contribution in [2.45, 2.75) is 13.0 Å². The number of hydrogen-bond acceptors (Lipinski definition) is 6. The molecule has 3 aromatic rings. The molecule has 0 amide bonds. The van der Waals surface area contributed by atoms with Crippen LogP contribution in [0.1, 0.15) is 6.92 Å². The summed E-state index contributed by atoms with van der Waals surface area (Å²) in [5.74, 6) is 0.839. The summed E-state index contributed by atoms with van der Waals surface area (Å²) in [6, 6.07) is 2.23. The van der Waals surface area contributed by atoms with Gasteiger partial charge in [-0.15, -0.1) is 0 Å². The van der Waals surface area contributed by atoms with Gasteiger partial charge in [-0.05, 0) is 24.6 Å². The van der Waals surface area contributed by atoms with Crippen LogP contribution in [0, 0.1) is 0 Å². The van der Waals surface area contributed by atoms with Gasteiger partial charge in [0.25, 0.3) is 0 Å². The van der Waals surface area contributed by atoms with E-state index < -0.39 is 0 Å². The Morgan fingerprint density at radius 2 is 2.09 bits per heavy atom. The summed E-state index contributed by atoms with van der Waals surface area (Å²) < 4.78 is 7.42. The van der Waals surface area contributed by atoms with Gasteiger partial charge in [-0.25, -0.2) is 9.97 Å². The third-order valence-corrected chi connectivity index (χ3v) is 4.13. The lowest BCUT2D eigenvalue weighted by molar-refractivity contribution is 0.0987. The lowest BCUT2D eigenvalue weighted by Gasteiger charge is -2.34. The minimum atomic E-state index is 0.225. The van der Waals surface area contributed by atoms with Crippen molar-refractivity contribution in [2.75, 3.05) is 24.7 Å². The second-order valence-electron chi connectivity index (χ2n) is 5.45. The van der Waals surface area contributed by atoms with E-state index in [2.05, 4.69) is 31.8 Å². The molecule has 0 unspecified atom stereocenters. The number of aromatic nitrogens is 5. The molecule has 4 heterocycles. The van der Waals surface area contributed by atoms with Crippen molar-refractivity contribution in [3.8, 4) is 5.69 Å². The predicted molar refractivity (Wildman–Crippen MR) is 87.1 cm³/mol. The fourth-order valence-electron chi connectivity index (χ4n) is 2.86. The number of morpholine rings is 1. The van der Waals surface area contributed by atoms with Crippen molar-refractivity contribution in [2.24, 2.45) is 0 Å². The van der Waals surface area contributed by atoms with Crippen LogP contribution in [0.3, 0.4) is 0 Å². The van der Waals surface area contributed by atoms with E-state index in [-0.39, 0.29) is 11.3 Å². The minimum absolute atomic E-state index is 0.225. The Balaban J connectivity index is 1.88. The molecule has 0 aliphatic carbocycles. The summed E-state index contributed by atoms with van der Waals surface area (Å²) in [7, 11) is 0. The molecule has 118 valence electrons. The van der Waals surface area contributed by atoms with Crippen LogP contribution in [-0.2, 0) is 4.74 Å². The lowest BCUT2D eigenvalue weighted by Crippen LogP contribution is -2.44. The first-order valence-corrected chi connectivity index (χ1v) is 7.76. The summed E-state index contributed by atoms with van der Waals surface area (Å²) >= 11 is 6.18. The quantitative estimate of drug-likeness (QED) is 0.670. The van der Waals surface area contributed by atoms with E-state index in [1.54, 1.807) is 12.4 Å². The third kappa shape index (κ3) is 2.51. The van der Waals surface area contributed by atoms with Crippen LogP contribution in [0.2, 0.25) is 5.28 Å². The highest BCUT2D eigenvalue weighted by Crippen LogP contribution is 2.30. The molecule has 7 nitrogen and oxygen atoms in total. The Hall–Kier alpha value is -2.25. The maximum absolute atomic E-state index is 6.18. The molecule has 8 heteroatoms. The second-order valence-corrected chi connectivity index (χ2v) is 5.79. The molecule has 0 aromatic carbocycles. The first kappa shape index (κ1) is 14.3. The highest BCUT2D eigenvalue weighted by atomic mass is 35.5. The molecule has 0 N–H and O–H groups in total. The SMILES string of the molecule is C[C@@H]1COCCN1c1nc(Cl)nc2c1ccn2-c1cncnc1. The van der Waals surface area contributed by atoms with Gasteiger partial charge in [-0.2, -0.15) is 9.97 Å². The van der Waals surface area contributed by atoms with E-state index in [0.717, 1.165) is 29.1 Å². The van der Waals surface area contributed by atoms with Gasteiger partial charge in [-0.1, -0.05) is 0 Å². The number of fused-ring (bicyclic) bond motifs is 1. The van der Waals surface area contributed by atoms with Crippen LogP contribution < -0.4 is 4.90 Å². The normalized spacial score (nSPS) is 18.5. The molecule has 0 bridgehead atoms. The average Bonchev–Trinajstić information content (AvgIpc) is 2.99. The molecule has 0 spiro atoms. The Labute approximate surface area is 137 Å². The second kappa shape index (κ2) is 5.75. The standard InChI is InChI=1S/C15H15ClN6O/c1-10-8-23-5-4-21(10)13-12-2-3-22(11-6-17-9-18-7-11)14(12)20-15(16)19-13/h2-3,6-7,9-10H,4-5,8H2,1H3/t10-/m1/s1. The number of halogens is 1. The lowest BCUT2D eigenvalue weighted by atomic mass is 10.2. The van der Waals surface area contributed by atoms with E-state index in [1.165, 1.54) is 6.33 Å². The zero-order valence-electron chi connectivity index (χ0n) is 12.6.